The SMILES string of the molecule is Cc1c(N2CCN(C(=O)OC(C)(C)C)CC2)ncc2[nH]cc(C(C)C)c12. The molecule has 1 amide bonds. The van der Waals surface area contributed by atoms with Crippen molar-refractivity contribution in [1.82, 2.24) is 14.9 Å². The van der Waals surface area contributed by atoms with Crippen LogP contribution in [0.5, 0.6) is 0 Å². The number of pyridine rings is 1. The maximum atomic E-state index is 12.2. The van der Waals surface area contributed by atoms with Crippen molar-refractivity contribution in [2.75, 3.05) is 31.1 Å². The van der Waals surface area contributed by atoms with Crippen molar-refractivity contribution in [1.29, 1.82) is 0 Å². The maximum Gasteiger partial charge on any atom is 0.410 e. The van der Waals surface area contributed by atoms with E-state index in [-0.39, 0.29) is 6.09 Å². The van der Waals surface area contributed by atoms with Crippen molar-refractivity contribution in [3.63, 3.8) is 0 Å². The van der Waals surface area contributed by atoms with Gasteiger partial charge in [-0.2, -0.15) is 0 Å². The molecular formula is C20H30N4O2. The maximum absolute atomic E-state index is 12.2. The lowest BCUT2D eigenvalue weighted by Crippen LogP contribution is -2.50. The van der Waals surface area contributed by atoms with Crippen LogP contribution in [-0.4, -0.2) is 52.7 Å². The minimum absolute atomic E-state index is 0.231. The van der Waals surface area contributed by atoms with Crippen LogP contribution in [0.3, 0.4) is 0 Å². The van der Waals surface area contributed by atoms with Gasteiger partial charge in [0.2, 0.25) is 0 Å². The molecule has 26 heavy (non-hydrogen) atoms. The number of piperazine rings is 1. The van der Waals surface area contributed by atoms with Gasteiger partial charge in [0, 0.05) is 43.3 Å². The number of nitrogens with one attached hydrogen (secondary N) is 1. The Hall–Kier alpha value is -2.24. The van der Waals surface area contributed by atoms with Crippen LogP contribution >= 0.6 is 0 Å². The van der Waals surface area contributed by atoms with Gasteiger partial charge < -0.3 is 19.5 Å². The van der Waals surface area contributed by atoms with Crippen LogP contribution in [0.4, 0.5) is 10.6 Å². The van der Waals surface area contributed by atoms with Gasteiger partial charge in [-0.25, -0.2) is 9.78 Å². The van der Waals surface area contributed by atoms with E-state index < -0.39 is 5.60 Å². The Bertz CT molecular complexity index is 796. The fourth-order valence-corrected chi connectivity index (χ4v) is 3.51. The largest absolute Gasteiger partial charge is 0.444 e. The molecule has 6 nitrogen and oxygen atoms in total. The molecule has 6 heteroatoms. The number of aryl methyl sites for hydroxylation is 1. The molecule has 1 fully saturated rings. The lowest BCUT2D eigenvalue weighted by molar-refractivity contribution is 0.0240. The summed E-state index contributed by atoms with van der Waals surface area (Å²) >= 11 is 0. The fourth-order valence-electron chi connectivity index (χ4n) is 3.51. The van der Waals surface area contributed by atoms with Gasteiger partial charge in [-0.05, 0) is 39.2 Å². The number of amides is 1. The third-order valence-corrected chi connectivity index (χ3v) is 4.82. The molecule has 1 N–H and O–H groups in total. The molecule has 0 aromatic carbocycles. The Kier molecular flexibility index (Phi) is 4.86. The van der Waals surface area contributed by atoms with Gasteiger partial charge in [-0.1, -0.05) is 13.8 Å². The number of H-pyrrole nitrogens is 1. The third kappa shape index (κ3) is 3.64. The molecule has 0 radical (unpaired) electrons. The third-order valence-electron chi connectivity index (χ3n) is 4.82. The highest BCUT2D eigenvalue weighted by Crippen LogP contribution is 2.32. The van der Waals surface area contributed by atoms with Crippen molar-refractivity contribution in [2.45, 2.75) is 53.1 Å². The number of hydrogen-bond acceptors (Lipinski definition) is 4. The second kappa shape index (κ2) is 6.82. The van der Waals surface area contributed by atoms with Gasteiger partial charge in [-0.3, -0.25) is 0 Å². The fraction of sp³-hybridized carbons (Fsp3) is 0.600. The topological polar surface area (TPSA) is 61.5 Å². The number of fused-ring (bicyclic) bond motifs is 1. The Balaban J connectivity index is 1.76. The lowest BCUT2D eigenvalue weighted by Gasteiger charge is -2.36. The van der Waals surface area contributed by atoms with Gasteiger partial charge in [0.15, 0.2) is 0 Å². The highest BCUT2D eigenvalue weighted by Gasteiger charge is 2.27. The van der Waals surface area contributed by atoms with Crippen LogP contribution in [-0.2, 0) is 4.74 Å². The number of ether oxygens (including phenoxy) is 1. The van der Waals surface area contributed by atoms with Crippen LogP contribution < -0.4 is 4.90 Å². The van der Waals surface area contributed by atoms with Crippen molar-refractivity contribution < 1.29 is 9.53 Å². The standard InChI is InChI=1S/C20H30N4O2/c1-13(2)15-11-21-16-12-22-18(14(3)17(15)16)23-7-9-24(10-8-23)19(25)26-20(4,5)6/h11-13,21H,7-10H2,1-6H3. The van der Waals surface area contributed by atoms with E-state index in [2.05, 4.69) is 36.9 Å². The van der Waals surface area contributed by atoms with Crippen LogP contribution in [0, 0.1) is 6.92 Å². The molecule has 2 aromatic rings. The zero-order valence-corrected chi connectivity index (χ0v) is 16.7. The first-order valence-electron chi connectivity index (χ1n) is 9.37. The molecule has 0 aliphatic carbocycles. The van der Waals surface area contributed by atoms with E-state index in [9.17, 15) is 4.79 Å². The van der Waals surface area contributed by atoms with Gasteiger partial charge >= 0.3 is 6.09 Å². The number of aromatic nitrogens is 2. The molecule has 1 aliphatic heterocycles. The molecule has 2 aromatic heterocycles. The molecule has 1 aliphatic rings. The summed E-state index contributed by atoms with van der Waals surface area (Å²) in [5.41, 5.74) is 3.16. The minimum Gasteiger partial charge on any atom is -0.444 e. The van der Waals surface area contributed by atoms with Crippen molar-refractivity contribution in [3.05, 3.63) is 23.5 Å². The number of rotatable bonds is 2. The second-order valence-electron chi connectivity index (χ2n) is 8.35. The quantitative estimate of drug-likeness (QED) is 0.880. The number of carbonyl (C=O) groups excluding carboxylic acids is 1. The molecule has 0 unspecified atom stereocenters. The summed E-state index contributed by atoms with van der Waals surface area (Å²) in [4.78, 5) is 24.3. The normalized spacial score (nSPS) is 15.8. The molecule has 0 atom stereocenters. The Morgan fingerprint density at radius 3 is 2.46 bits per heavy atom. The van der Waals surface area contributed by atoms with Crippen LogP contribution in [0.15, 0.2) is 12.4 Å². The predicted molar refractivity (Wildman–Crippen MR) is 105 cm³/mol. The second-order valence-corrected chi connectivity index (χ2v) is 8.35. The Morgan fingerprint density at radius 1 is 1.23 bits per heavy atom. The van der Waals surface area contributed by atoms with Crippen molar-refractivity contribution in [3.8, 4) is 0 Å². The molecular weight excluding hydrogens is 328 g/mol. The van der Waals surface area contributed by atoms with Gasteiger partial charge in [0.1, 0.15) is 11.4 Å². The minimum atomic E-state index is -0.459. The van der Waals surface area contributed by atoms with Gasteiger partial charge in [-0.15, -0.1) is 0 Å². The first-order chi connectivity index (χ1) is 12.2. The van der Waals surface area contributed by atoms with Gasteiger partial charge in [0.25, 0.3) is 0 Å². The molecule has 1 saturated heterocycles. The summed E-state index contributed by atoms with van der Waals surface area (Å²) in [5, 5.41) is 1.28. The van der Waals surface area contributed by atoms with Crippen LogP contribution in [0.25, 0.3) is 10.9 Å². The number of carbonyl (C=O) groups is 1. The number of hydrogen-bond donors (Lipinski definition) is 1. The first kappa shape index (κ1) is 18.5. The lowest BCUT2D eigenvalue weighted by atomic mass is 10.00. The number of nitrogens with zero attached hydrogens (tertiary/aromatic N) is 3. The predicted octanol–water partition coefficient (Wildman–Crippen LogP) is 4.05. The highest BCUT2D eigenvalue weighted by molar-refractivity contribution is 5.89. The summed E-state index contributed by atoms with van der Waals surface area (Å²) in [6.45, 7) is 15.1. The Labute approximate surface area is 155 Å². The molecule has 0 bridgehead atoms. The summed E-state index contributed by atoms with van der Waals surface area (Å²) in [6, 6.07) is 0. The zero-order chi connectivity index (χ0) is 19.1. The van der Waals surface area contributed by atoms with E-state index in [1.165, 1.54) is 16.5 Å². The average Bonchev–Trinajstić information content (AvgIpc) is 2.99. The summed E-state index contributed by atoms with van der Waals surface area (Å²) in [6.07, 6.45) is 3.78. The molecule has 3 heterocycles. The van der Waals surface area contributed by atoms with E-state index in [0.29, 0.717) is 19.0 Å². The summed E-state index contributed by atoms with van der Waals surface area (Å²) in [5.74, 6) is 1.48. The Morgan fingerprint density at radius 2 is 1.88 bits per heavy atom. The summed E-state index contributed by atoms with van der Waals surface area (Å²) in [7, 11) is 0. The van der Waals surface area contributed by atoms with Gasteiger partial charge in [0.05, 0.1) is 11.7 Å². The summed E-state index contributed by atoms with van der Waals surface area (Å²) < 4.78 is 5.48. The van der Waals surface area contributed by atoms with E-state index in [4.69, 9.17) is 9.72 Å². The van der Waals surface area contributed by atoms with Crippen molar-refractivity contribution in [2.24, 2.45) is 0 Å². The van der Waals surface area contributed by atoms with Crippen molar-refractivity contribution >= 4 is 22.8 Å². The monoisotopic (exact) mass is 358 g/mol. The number of anilines is 1. The van der Waals surface area contributed by atoms with Crippen LogP contribution in [0.2, 0.25) is 0 Å². The zero-order valence-electron chi connectivity index (χ0n) is 16.7. The number of aromatic amines is 1. The van der Waals surface area contributed by atoms with E-state index >= 15 is 0 Å². The van der Waals surface area contributed by atoms with E-state index in [1.54, 1.807) is 4.90 Å². The highest BCUT2D eigenvalue weighted by atomic mass is 16.6. The van der Waals surface area contributed by atoms with E-state index in [0.717, 1.165) is 24.4 Å². The molecule has 3 rings (SSSR count). The van der Waals surface area contributed by atoms with E-state index in [1.807, 2.05) is 27.0 Å². The first-order valence-corrected chi connectivity index (χ1v) is 9.37. The average molecular weight is 358 g/mol. The molecule has 142 valence electrons. The van der Waals surface area contributed by atoms with Crippen LogP contribution in [0.1, 0.15) is 51.7 Å². The smallest absolute Gasteiger partial charge is 0.410 e. The molecule has 0 saturated carbocycles. The molecule has 0 spiro atoms.